The fraction of sp³-hybridized carbons (Fsp3) is 0.647. The van der Waals surface area contributed by atoms with Crippen LogP contribution in [0.2, 0.25) is 0 Å². The van der Waals surface area contributed by atoms with E-state index in [1.165, 1.54) is 30.4 Å². The highest BCUT2D eigenvalue weighted by Crippen LogP contribution is 2.31. The zero-order valence-electron chi connectivity index (χ0n) is 12.6. The molecule has 0 bridgehead atoms. The second-order valence-electron chi connectivity index (χ2n) is 5.93. The van der Waals surface area contributed by atoms with Crippen molar-refractivity contribution in [1.82, 2.24) is 0 Å². The quantitative estimate of drug-likeness (QED) is 0.816. The number of aliphatic hydroxyl groups excluding tert-OH is 1. The van der Waals surface area contributed by atoms with Gasteiger partial charge in [0.2, 0.25) is 0 Å². The van der Waals surface area contributed by atoms with E-state index in [1.807, 2.05) is 6.07 Å². The van der Waals surface area contributed by atoms with Gasteiger partial charge in [-0.15, -0.1) is 0 Å². The van der Waals surface area contributed by atoms with E-state index in [1.54, 1.807) is 7.11 Å². The molecule has 0 saturated heterocycles. The lowest BCUT2D eigenvalue weighted by Crippen LogP contribution is -2.55. The lowest BCUT2D eigenvalue weighted by Gasteiger charge is -2.40. The molecule has 3 atom stereocenters. The minimum atomic E-state index is -0.426. The molecular formula is C17H24O4. The maximum absolute atomic E-state index is 9.80. The summed E-state index contributed by atoms with van der Waals surface area (Å²) >= 11 is 0. The molecule has 0 amide bonds. The van der Waals surface area contributed by atoms with Gasteiger partial charge in [-0.2, -0.15) is 0 Å². The molecule has 3 unspecified atom stereocenters. The summed E-state index contributed by atoms with van der Waals surface area (Å²) in [5.41, 5.74) is 2.87. The summed E-state index contributed by atoms with van der Waals surface area (Å²) in [5.74, 6) is 0.896. The van der Waals surface area contributed by atoms with E-state index in [9.17, 15) is 5.11 Å². The Morgan fingerprint density at radius 1 is 1.14 bits per heavy atom. The van der Waals surface area contributed by atoms with Crippen molar-refractivity contribution in [2.75, 3.05) is 20.3 Å². The lowest BCUT2D eigenvalue weighted by atomic mass is 9.87. The highest BCUT2D eigenvalue weighted by atomic mass is 16.6. The van der Waals surface area contributed by atoms with Crippen LogP contribution in [0, 0.1) is 0 Å². The molecular weight excluding hydrogens is 268 g/mol. The van der Waals surface area contributed by atoms with E-state index in [-0.39, 0.29) is 12.2 Å². The van der Waals surface area contributed by atoms with E-state index in [4.69, 9.17) is 14.2 Å². The molecule has 0 aromatic heterocycles. The van der Waals surface area contributed by atoms with Crippen LogP contribution in [0.5, 0.6) is 5.75 Å². The first-order chi connectivity index (χ1) is 10.3. The molecule has 0 aliphatic heterocycles. The molecule has 1 aromatic rings. The third-order valence-corrected chi connectivity index (χ3v) is 4.42. The van der Waals surface area contributed by atoms with E-state index < -0.39 is 6.10 Å². The normalized spacial score (nSPS) is 27.8. The van der Waals surface area contributed by atoms with Crippen LogP contribution in [0.3, 0.4) is 0 Å². The van der Waals surface area contributed by atoms with Crippen molar-refractivity contribution in [3.63, 3.8) is 0 Å². The minimum absolute atomic E-state index is 0.0569. The Bertz CT molecular complexity index is 474. The molecule has 4 heteroatoms. The number of rotatable bonds is 6. The van der Waals surface area contributed by atoms with Crippen LogP contribution in [-0.4, -0.2) is 43.7 Å². The van der Waals surface area contributed by atoms with Gasteiger partial charge in [-0.25, -0.2) is 0 Å². The zero-order valence-corrected chi connectivity index (χ0v) is 12.6. The van der Waals surface area contributed by atoms with Crippen LogP contribution in [0.25, 0.3) is 0 Å². The maximum atomic E-state index is 9.80. The summed E-state index contributed by atoms with van der Waals surface area (Å²) in [6.07, 6.45) is 4.79. The molecule has 2 aliphatic carbocycles. The first-order valence-electron chi connectivity index (χ1n) is 7.85. The van der Waals surface area contributed by atoms with E-state index in [2.05, 4.69) is 12.1 Å². The predicted molar refractivity (Wildman–Crippen MR) is 79.7 cm³/mol. The second kappa shape index (κ2) is 6.77. The van der Waals surface area contributed by atoms with Crippen molar-refractivity contribution in [1.29, 1.82) is 0 Å². The van der Waals surface area contributed by atoms with Crippen molar-refractivity contribution < 1.29 is 19.3 Å². The third kappa shape index (κ3) is 3.39. The summed E-state index contributed by atoms with van der Waals surface area (Å²) in [7, 11) is 1.64. The fourth-order valence-corrected chi connectivity index (χ4v) is 3.12. The van der Waals surface area contributed by atoms with Gasteiger partial charge >= 0.3 is 0 Å². The molecule has 0 heterocycles. The molecule has 4 nitrogen and oxygen atoms in total. The smallest absolute Gasteiger partial charge is 0.130 e. The largest absolute Gasteiger partial charge is 0.488 e. The number of aryl methyl sites for hydroxylation is 2. The van der Waals surface area contributed by atoms with Gasteiger partial charge in [0.15, 0.2) is 0 Å². The minimum Gasteiger partial charge on any atom is -0.488 e. The number of ether oxygens (including phenoxy) is 3. The van der Waals surface area contributed by atoms with E-state index in [0.29, 0.717) is 19.6 Å². The summed E-state index contributed by atoms with van der Waals surface area (Å²) in [6, 6.07) is 6.38. The summed E-state index contributed by atoms with van der Waals surface area (Å²) < 4.78 is 16.6. The van der Waals surface area contributed by atoms with Crippen LogP contribution in [0.1, 0.15) is 30.4 Å². The Hall–Kier alpha value is -1.10. The van der Waals surface area contributed by atoms with Gasteiger partial charge in [-0.1, -0.05) is 6.07 Å². The van der Waals surface area contributed by atoms with Gasteiger partial charge < -0.3 is 19.3 Å². The maximum Gasteiger partial charge on any atom is 0.130 e. The number of hydrogen-bond acceptors (Lipinski definition) is 4. The topological polar surface area (TPSA) is 47.9 Å². The molecule has 116 valence electrons. The van der Waals surface area contributed by atoms with E-state index in [0.717, 1.165) is 12.2 Å². The van der Waals surface area contributed by atoms with Crippen molar-refractivity contribution >= 4 is 0 Å². The molecule has 1 saturated carbocycles. The SMILES string of the molecule is COCCOC1C(O)CC1Oc1ccc2c(c1)CCCC2. The van der Waals surface area contributed by atoms with Gasteiger partial charge in [0.1, 0.15) is 18.0 Å². The zero-order chi connectivity index (χ0) is 14.7. The van der Waals surface area contributed by atoms with Crippen LogP contribution in [-0.2, 0) is 22.3 Å². The number of fused-ring (bicyclic) bond motifs is 1. The number of hydrogen-bond donors (Lipinski definition) is 1. The first-order valence-corrected chi connectivity index (χ1v) is 7.85. The van der Waals surface area contributed by atoms with Crippen molar-refractivity contribution in [3.8, 4) is 5.75 Å². The lowest BCUT2D eigenvalue weighted by molar-refractivity contribution is -0.167. The average molecular weight is 292 g/mol. The number of benzene rings is 1. The Kier molecular flexibility index (Phi) is 4.78. The number of aliphatic hydroxyl groups is 1. The Balaban J connectivity index is 1.58. The standard InChI is InChI=1S/C17H24O4/c1-19-8-9-20-17-15(18)11-16(17)21-14-7-6-12-4-2-3-5-13(12)10-14/h6-7,10,15-18H,2-5,8-9,11H2,1H3. The predicted octanol–water partition coefficient (Wildman–Crippen LogP) is 2.11. The molecule has 2 aliphatic rings. The fourth-order valence-electron chi connectivity index (χ4n) is 3.12. The van der Waals surface area contributed by atoms with Crippen LogP contribution in [0.4, 0.5) is 0 Å². The third-order valence-electron chi connectivity index (χ3n) is 4.42. The molecule has 3 rings (SSSR count). The van der Waals surface area contributed by atoms with Gasteiger partial charge in [0, 0.05) is 13.5 Å². The molecule has 1 fully saturated rings. The molecule has 1 aromatic carbocycles. The average Bonchev–Trinajstić information content (AvgIpc) is 2.51. The van der Waals surface area contributed by atoms with Crippen LogP contribution in [0.15, 0.2) is 18.2 Å². The summed E-state index contributed by atoms with van der Waals surface area (Å²) in [4.78, 5) is 0. The summed E-state index contributed by atoms with van der Waals surface area (Å²) in [6.45, 7) is 1.02. The van der Waals surface area contributed by atoms with E-state index >= 15 is 0 Å². The Morgan fingerprint density at radius 3 is 2.71 bits per heavy atom. The summed E-state index contributed by atoms with van der Waals surface area (Å²) in [5, 5.41) is 9.80. The highest BCUT2D eigenvalue weighted by molar-refractivity contribution is 5.37. The van der Waals surface area contributed by atoms with Crippen molar-refractivity contribution in [2.45, 2.75) is 50.4 Å². The molecule has 0 radical (unpaired) electrons. The van der Waals surface area contributed by atoms with Gasteiger partial charge in [-0.05, 0) is 48.9 Å². The molecule has 1 N–H and O–H groups in total. The van der Waals surface area contributed by atoms with Gasteiger partial charge in [0.25, 0.3) is 0 Å². The second-order valence-corrected chi connectivity index (χ2v) is 5.93. The molecule has 0 spiro atoms. The number of methoxy groups -OCH3 is 1. The van der Waals surface area contributed by atoms with Gasteiger partial charge in [-0.3, -0.25) is 0 Å². The Labute approximate surface area is 126 Å². The Morgan fingerprint density at radius 2 is 1.95 bits per heavy atom. The first kappa shape index (κ1) is 14.8. The van der Waals surface area contributed by atoms with Crippen LogP contribution < -0.4 is 4.74 Å². The highest BCUT2D eigenvalue weighted by Gasteiger charge is 2.42. The van der Waals surface area contributed by atoms with Crippen LogP contribution >= 0.6 is 0 Å². The molecule has 21 heavy (non-hydrogen) atoms. The monoisotopic (exact) mass is 292 g/mol. The van der Waals surface area contributed by atoms with Crippen molar-refractivity contribution in [3.05, 3.63) is 29.3 Å². The van der Waals surface area contributed by atoms with Gasteiger partial charge in [0.05, 0.1) is 19.3 Å². The van der Waals surface area contributed by atoms with Crippen molar-refractivity contribution in [2.24, 2.45) is 0 Å².